The van der Waals surface area contributed by atoms with Gasteiger partial charge >= 0.3 is 6.09 Å². The molecule has 20 heavy (non-hydrogen) atoms. The van der Waals surface area contributed by atoms with Gasteiger partial charge in [-0.15, -0.1) is 0 Å². The third-order valence-corrected chi connectivity index (χ3v) is 4.68. The largest absolute Gasteiger partial charge is 0.444 e. The van der Waals surface area contributed by atoms with Gasteiger partial charge in [0, 0.05) is 11.9 Å². The van der Waals surface area contributed by atoms with Crippen molar-refractivity contribution in [2.75, 3.05) is 18.5 Å². The van der Waals surface area contributed by atoms with Crippen LogP contribution >= 0.6 is 15.9 Å². The van der Waals surface area contributed by atoms with E-state index in [2.05, 4.69) is 21.2 Å². The number of carbonyl (C=O) groups excluding carboxylic acids is 1. The molecular weight excluding hydrogens is 322 g/mol. The Morgan fingerprint density at radius 1 is 1.30 bits per heavy atom. The Labute approximate surface area is 131 Å². The first-order chi connectivity index (χ1) is 9.24. The summed E-state index contributed by atoms with van der Waals surface area (Å²) < 4.78 is 11.2. The van der Waals surface area contributed by atoms with E-state index in [9.17, 15) is 4.79 Å². The molecule has 1 N–H and O–H groups in total. The molecule has 0 aromatic rings. The third kappa shape index (κ3) is 6.93. The topological polar surface area (TPSA) is 47.6 Å². The van der Waals surface area contributed by atoms with Gasteiger partial charge in [-0.2, -0.15) is 0 Å². The summed E-state index contributed by atoms with van der Waals surface area (Å²) in [6.07, 6.45) is 4.76. The van der Waals surface area contributed by atoms with Crippen LogP contribution in [0.3, 0.4) is 0 Å². The molecule has 0 aromatic carbocycles. The van der Waals surface area contributed by atoms with E-state index in [1.54, 1.807) is 0 Å². The van der Waals surface area contributed by atoms with Crippen LogP contribution in [-0.2, 0) is 9.47 Å². The molecule has 1 saturated carbocycles. The maximum Gasteiger partial charge on any atom is 0.407 e. The highest BCUT2D eigenvalue weighted by molar-refractivity contribution is 9.09. The van der Waals surface area contributed by atoms with Gasteiger partial charge in [-0.05, 0) is 40.0 Å². The van der Waals surface area contributed by atoms with Crippen molar-refractivity contribution >= 4 is 22.0 Å². The van der Waals surface area contributed by atoms with Crippen LogP contribution in [0.2, 0.25) is 0 Å². The Morgan fingerprint density at radius 3 is 2.40 bits per heavy atom. The highest BCUT2D eigenvalue weighted by Crippen LogP contribution is 2.29. The zero-order chi connectivity index (χ0) is 15.2. The third-order valence-electron chi connectivity index (χ3n) is 3.49. The van der Waals surface area contributed by atoms with E-state index in [0.29, 0.717) is 11.9 Å². The van der Waals surface area contributed by atoms with Gasteiger partial charge in [0.1, 0.15) is 5.60 Å². The quantitative estimate of drug-likeness (QED) is 0.709. The summed E-state index contributed by atoms with van der Waals surface area (Å²) in [6, 6.07) is 0. The SMILES string of the molecule is CC(C)(C)OC(=O)NCC(C)(CBr)OCCC1CCC1. The second kappa shape index (κ2) is 7.64. The Hall–Kier alpha value is -0.290. The number of nitrogens with one attached hydrogen (secondary N) is 1. The summed E-state index contributed by atoms with van der Waals surface area (Å²) in [5.74, 6) is 0.841. The van der Waals surface area contributed by atoms with Crippen molar-refractivity contribution in [2.45, 2.75) is 64.6 Å². The Balaban J connectivity index is 2.26. The van der Waals surface area contributed by atoms with Crippen LogP contribution in [-0.4, -0.2) is 35.8 Å². The van der Waals surface area contributed by atoms with Gasteiger partial charge in [-0.1, -0.05) is 35.2 Å². The monoisotopic (exact) mass is 349 g/mol. The summed E-state index contributed by atoms with van der Waals surface area (Å²) in [5, 5.41) is 3.46. The number of rotatable bonds is 7. The minimum atomic E-state index is -0.472. The molecule has 1 atom stereocenters. The second-order valence-corrected chi connectivity index (χ2v) is 7.43. The predicted octanol–water partition coefficient (Wildman–Crippen LogP) is 3.87. The summed E-state index contributed by atoms with van der Waals surface area (Å²) in [4.78, 5) is 11.7. The zero-order valence-electron chi connectivity index (χ0n) is 13.1. The molecule has 0 saturated heterocycles. The molecule has 118 valence electrons. The van der Waals surface area contributed by atoms with Gasteiger partial charge in [0.05, 0.1) is 12.1 Å². The van der Waals surface area contributed by atoms with Gasteiger partial charge in [0.25, 0.3) is 0 Å². The van der Waals surface area contributed by atoms with Crippen molar-refractivity contribution in [1.82, 2.24) is 5.32 Å². The highest BCUT2D eigenvalue weighted by atomic mass is 79.9. The molecule has 4 nitrogen and oxygen atoms in total. The van der Waals surface area contributed by atoms with Crippen LogP contribution < -0.4 is 5.32 Å². The number of hydrogen-bond acceptors (Lipinski definition) is 3. The fraction of sp³-hybridized carbons (Fsp3) is 0.933. The minimum Gasteiger partial charge on any atom is -0.444 e. The average molecular weight is 350 g/mol. The molecule has 1 rings (SSSR count). The molecule has 1 fully saturated rings. The molecule has 0 heterocycles. The van der Waals surface area contributed by atoms with Crippen molar-refractivity contribution in [1.29, 1.82) is 0 Å². The van der Waals surface area contributed by atoms with E-state index in [4.69, 9.17) is 9.47 Å². The van der Waals surface area contributed by atoms with Crippen LogP contribution in [0.1, 0.15) is 53.4 Å². The molecule has 0 radical (unpaired) electrons. The molecule has 0 aliphatic heterocycles. The van der Waals surface area contributed by atoms with Crippen molar-refractivity contribution < 1.29 is 14.3 Å². The second-order valence-electron chi connectivity index (χ2n) is 6.87. The van der Waals surface area contributed by atoms with E-state index in [1.165, 1.54) is 19.3 Å². The van der Waals surface area contributed by atoms with Gasteiger partial charge < -0.3 is 14.8 Å². The van der Waals surface area contributed by atoms with E-state index < -0.39 is 11.7 Å². The van der Waals surface area contributed by atoms with Crippen LogP contribution in [0.25, 0.3) is 0 Å². The Bertz CT molecular complexity index is 313. The van der Waals surface area contributed by atoms with E-state index in [1.807, 2.05) is 27.7 Å². The first-order valence-corrected chi connectivity index (χ1v) is 8.53. The number of carbonyl (C=O) groups is 1. The van der Waals surface area contributed by atoms with Gasteiger partial charge in [-0.25, -0.2) is 4.79 Å². The van der Waals surface area contributed by atoms with Crippen LogP contribution in [0.15, 0.2) is 0 Å². The number of amides is 1. The predicted molar refractivity (Wildman–Crippen MR) is 84.3 cm³/mol. The zero-order valence-corrected chi connectivity index (χ0v) is 14.7. The average Bonchev–Trinajstić information content (AvgIpc) is 2.28. The molecule has 0 bridgehead atoms. The summed E-state index contributed by atoms with van der Waals surface area (Å²) in [6.45, 7) is 8.75. The Morgan fingerprint density at radius 2 is 1.95 bits per heavy atom. The van der Waals surface area contributed by atoms with Crippen molar-refractivity contribution in [2.24, 2.45) is 5.92 Å². The maximum atomic E-state index is 11.7. The summed E-state index contributed by atoms with van der Waals surface area (Å²) in [7, 11) is 0. The summed E-state index contributed by atoms with van der Waals surface area (Å²) >= 11 is 3.46. The number of alkyl halides is 1. The molecule has 0 aromatic heterocycles. The van der Waals surface area contributed by atoms with Crippen LogP contribution in [0, 0.1) is 5.92 Å². The van der Waals surface area contributed by atoms with E-state index >= 15 is 0 Å². The lowest BCUT2D eigenvalue weighted by Gasteiger charge is -2.31. The number of halogens is 1. The lowest BCUT2D eigenvalue weighted by Crippen LogP contribution is -2.46. The fourth-order valence-corrected chi connectivity index (χ4v) is 2.32. The maximum absolute atomic E-state index is 11.7. The van der Waals surface area contributed by atoms with E-state index in [0.717, 1.165) is 18.9 Å². The first-order valence-electron chi connectivity index (χ1n) is 7.41. The molecule has 1 unspecified atom stereocenters. The fourth-order valence-electron chi connectivity index (χ4n) is 1.96. The molecule has 5 heteroatoms. The van der Waals surface area contributed by atoms with Crippen LogP contribution in [0.5, 0.6) is 0 Å². The Kier molecular flexibility index (Phi) is 6.79. The first kappa shape index (κ1) is 17.8. The number of ether oxygens (including phenoxy) is 2. The van der Waals surface area contributed by atoms with Gasteiger partial charge in [0.15, 0.2) is 0 Å². The minimum absolute atomic E-state index is 0.388. The molecule has 0 spiro atoms. The van der Waals surface area contributed by atoms with Crippen molar-refractivity contribution in [3.63, 3.8) is 0 Å². The standard InChI is InChI=1S/C15H28BrNO3/c1-14(2,3)20-13(18)17-11-15(4,10-16)19-9-8-12-6-5-7-12/h12H,5-11H2,1-4H3,(H,17,18). The van der Waals surface area contributed by atoms with Crippen molar-refractivity contribution in [3.05, 3.63) is 0 Å². The molecule has 1 amide bonds. The normalized spacial score (nSPS) is 19.1. The van der Waals surface area contributed by atoms with Crippen LogP contribution in [0.4, 0.5) is 4.79 Å². The van der Waals surface area contributed by atoms with Gasteiger partial charge in [0.2, 0.25) is 0 Å². The molecule has 1 aliphatic rings. The number of hydrogen-bond donors (Lipinski definition) is 1. The number of alkyl carbamates (subject to hydrolysis) is 1. The molecule has 1 aliphatic carbocycles. The van der Waals surface area contributed by atoms with E-state index in [-0.39, 0.29) is 5.60 Å². The lowest BCUT2D eigenvalue weighted by molar-refractivity contribution is -0.0238. The van der Waals surface area contributed by atoms with Crippen molar-refractivity contribution in [3.8, 4) is 0 Å². The molecular formula is C15H28BrNO3. The smallest absolute Gasteiger partial charge is 0.407 e. The highest BCUT2D eigenvalue weighted by Gasteiger charge is 2.27. The lowest BCUT2D eigenvalue weighted by atomic mass is 9.83. The van der Waals surface area contributed by atoms with Gasteiger partial charge in [-0.3, -0.25) is 0 Å². The summed E-state index contributed by atoms with van der Waals surface area (Å²) in [5.41, 5.74) is -0.860.